The molecule has 2 aliphatic rings. The van der Waals surface area contributed by atoms with Crippen molar-refractivity contribution in [3.63, 3.8) is 0 Å². The van der Waals surface area contributed by atoms with Gasteiger partial charge in [-0.2, -0.15) is 0 Å². The number of aryl methyl sites for hydroxylation is 1. The largest absolute Gasteiger partial charge is 0.350 e. The van der Waals surface area contributed by atoms with Crippen molar-refractivity contribution in [2.75, 3.05) is 26.3 Å². The van der Waals surface area contributed by atoms with Crippen LogP contribution in [0, 0.1) is 12.8 Å². The number of hydrogen-bond acceptors (Lipinski definition) is 5. The van der Waals surface area contributed by atoms with Gasteiger partial charge in [0.25, 0.3) is 5.56 Å². The van der Waals surface area contributed by atoms with Crippen LogP contribution in [0.1, 0.15) is 31.5 Å². The van der Waals surface area contributed by atoms with Gasteiger partial charge in [-0.25, -0.2) is 4.98 Å². The summed E-state index contributed by atoms with van der Waals surface area (Å²) in [6.07, 6.45) is 2.90. The van der Waals surface area contributed by atoms with Gasteiger partial charge in [0, 0.05) is 32.0 Å². The maximum atomic E-state index is 12.7. The zero-order chi connectivity index (χ0) is 19.5. The Balaban J connectivity index is 1.35. The minimum atomic E-state index is -0.166. The molecular weight excluding hydrogens is 358 g/mol. The molecule has 0 bridgehead atoms. The lowest BCUT2D eigenvalue weighted by atomic mass is 9.97. The fourth-order valence-electron chi connectivity index (χ4n) is 4.20. The Labute approximate surface area is 164 Å². The van der Waals surface area contributed by atoms with Gasteiger partial charge in [-0.15, -0.1) is 0 Å². The molecule has 7 nitrogen and oxygen atoms in total. The molecule has 0 spiro atoms. The smallest absolute Gasteiger partial charge is 0.261 e. The standard InChI is InChI=1S/C21H27N3O4/c1-15-22-18-8-3-2-7-17(18)20(26)24(15)11-5-9-19(25)23-10-4-6-16(14-23)21-27-12-13-28-21/h2-3,7-8,16,21H,4-6,9-14H2,1H3/t16-/m1/s1. The number of carbonyl (C=O) groups is 1. The molecule has 0 aliphatic carbocycles. The molecule has 7 heteroatoms. The normalized spacial score (nSPS) is 20.8. The zero-order valence-corrected chi connectivity index (χ0v) is 16.3. The van der Waals surface area contributed by atoms with Crippen LogP contribution in [0.4, 0.5) is 0 Å². The van der Waals surface area contributed by atoms with Crippen molar-refractivity contribution in [2.45, 2.75) is 45.4 Å². The summed E-state index contributed by atoms with van der Waals surface area (Å²) in [5.74, 6) is 1.08. The first-order valence-electron chi connectivity index (χ1n) is 10.1. The van der Waals surface area contributed by atoms with Gasteiger partial charge in [-0.05, 0) is 38.3 Å². The summed E-state index contributed by atoms with van der Waals surface area (Å²) in [4.78, 5) is 31.8. The van der Waals surface area contributed by atoms with E-state index in [9.17, 15) is 9.59 Å². The van der Waals surface area contributed by atoms with E-state index in [0.29, 0.717) is 55.9 Å². The first-order chi connectivity index (χ1) is 13.6. The minimum absolute atomic E-state index is 0.0379. The SMILES string of the molecule is Cc1nc2ccccc2c(=O)n1CCCC(=O)N1CCC[C@@H](C2OCCO2)C1. The molecule has 2 aliphatic heterocycles. The molecule has 2 aromatic rings. The van der Waals surface area contributed by atoms with Gasteiger partial charge in [0.1, 0.15) is 5.82 Å². The molecule has 1 aromatic carbocycles. The van der Waals surface area contributed by atoms with Gasteiger partial charge in [-0.3, -0.25) is 14.2 Å². The summed E-state index contributed by atoms with van der Waals surface area (Å²) in [7, 11) is 0. The molecule has 1 amide bonds. The molecule has 0 unspecified atom stereocenters. The minimum Gasteiger partial charge on any atom is -0.350 e. The van der Waals surface area contributed by atoms with Crippen LogP contribution in [0.15, 0.2) is 29.1 Å². The molecule has 2 saturated heterocycles. The molecule has 2 fully saturated rings. The van der Waals surface area contributed by atoms with Gasteiger partial charge in [0.15, 0.2) is 6.29 Å². The molecule has 4 rings (SSSR count). The molecule has 0 saturated carbocycles. The number of likely N-dealkylation sites (tertiary alicyclic amines) is 1. The van der Waals surface area contributed by atoms with Crippen LogP contribution in [0.2, 0.25) is 0 Å². The van der Waals surface area contributed by atoms with Gasteiger partial charge >= 0.3 is 0 Å². The summed E-state index contributed by atoms with van der Waals surface area (Å²) in [6, 6.07) is 7.37. The van der Waals surface area contributed by atoms with Crippen LogP contribution < -0.4 is 5.56 Å². The second-order valence-electron chi connectivity index (χ2n) is 7.59. The third-order valence-corrected chi connectivity index (χ3v) is 5.67. The average Bonchev–Trinajstić information content (AvgIpc) is 3.25. The van der Waals surface area contributed by atoms with Crippen molar-refractivity contribution in [2.24, 2.45) is 5.92 Å². The molecule has 0 radical (unpaired) electrons. The quantitative estimate of drug-likeness (QED) is 0.788. The van der Waals surface area contributed by atoms with E-state index >= 15 is 0 Å². The third-order valence-electron chi connectivity index (χ3n) is 5.67. The number of fused-ring (bicyclic) bond motifs is 1. The highest BCUT2D eigenvalue weighted by Crippen LogP contribution is 2.25. The fraction of sp³-hybridized carbons (Fsp3) is 0.571. The summed E-state index contributed by atoms with van der Waals surface area (Å²) < 4.78 is 12.9. The number of rotatable bonds is 5. The van der Waals surface area contributed by atoms with Crippen LogP contribution in [0.25, 0.3) is 10.9 Å². The number of para-hydroxylation sites is 1. The average molecular weight is 385 g/mol. The van der Waals surface area contributed by atoms with Crippen molar-refractivity contribution in [1.82, 2.24) is 14.5 Å². The van der Waals surface area contributed by atoms with Crippen molar-refractivity contribution < 1.29 is 14.3 Å². The molecule has 3 heterocycles. The predicted molar refractivity (Wildman–Crippen MR) is 105 cm³/mol. The van der Waals surface area contributed by atoms with Gasteiger partial charge in [-0.1, -0.05) is 12.1 Å². The monoisotopic (exact) mass is 385 g/mol. The van der Waals surface area contributed by atoms with E-state index in [4.69, 9.17) is 9.47 Å². The summed E-state index contributed by atoms with van der Waals surface area (Å²) in [6.45, 7) is 5.11. The molecule has 150 valence electrons. The summed E-state index contributed by atoms with van der Waals surface area (Å²) >= 11 is 0. The number of ether oxygens (including phenoxy) is 2. The van der Waals surface area contributed by atoms with Crippen LogP contribution >= 0.6 is 0 Å². The molecule has 1 atom stereocenters. The Morgan fingerprint density at radius 1 is 1.25 bits per heavy atom. The number of amides is 1. The Kier molecular flexibility index (Phi) is 5.73. The van der Waals surface area contributed by atoms with E-state index in [-0.39, 0.29) is 23.7 Å². The summed E-state index contributed by atoms with van der Waals surface area (Å²) in [5, 5.41) is 0.620. The van der Waals surface area contributed by atoms with Gasteiger partial charge < -0.3 is 14.4 Å². The summed E-state index contributed by atoms with van der Waals surface area (Å²) in [5.41, 5.74) is 0.678. The maximum absolute atomic E-state index is 12.7. The first kappa shape index (κ1) is 19.1. The van der Waals surface area contributed by atoms with E-state index in [0.717, 1.165) is 19.4 Å². The lowest BCUT2D eigenvalue weighted by Crippen LogP contribution is -2.43. The van der Waals surface area contributed by atoms with E-state index in [1.54, 1.807) is 10.6 Å². The third kappa shape index (κ3) is 3.95. The van der Waals surface area contributed by atoms with Crippen LogP contribution in [-0.4, -0.2) is 53.0 Å². The van der Waals surface area contributed by atoms with Gasteiger partial charge in [0.2, 0.25) is 5.91 Å². The van der Waals surface area contributed by atoms with Crippen LogP contribution in [-0.2, 0) is 20.8 Å². The lowest BCUT2D eigenvalue weighted by Gasteiger charge is -2.34. The molecular formula is C21H27N3O4. The number of benzene rings is 1. The Morgan fingerprint density at radius 2 is 2.04 bits per heavy atom. The van der Waals surface area contributed by atoms with Crippen LogP contribution in [0.5, 0.6) is 0 Å². The molecule has 28 heavy (non-hydrogen) atoms. The lowest BCUT2D eigenvalue weighted by molar-refractivity contribution is -0.139. The van der Waals surface area contributed by atoms with Crippen LogP contribution in [0.3, 0.4) is 0 Å². The topological polar surface area (TPSA) is 73.7 Å². The second kappa shape index (κ2) is 8.41. The van der Waals surface area contributed by atoms with Gasteiger partial charge in [0.05, 0.1) is 24.1 Å². The van der Waals surface area contributed by atoms with E-state index in [2.05, 4.69) is 4.98 Å². The van der Waals surface area contributed by atoms with E-state index < -0.39 is 0 Å². The molecule has 0 N–H and O–H groups in total. The first-order valence-corrected chi connectivity index (χ1v) is 10.1. The van der Waals surface area contributed by atoms with E-state index in [1.165, 1.54) is 0 Å². The number of carbonyl (C=O) groups excluding carboxylic acids is 1. The number of hydrogen-bond donors (Lipinski definition) is 0. The molecule has 1 aromatic heterocycles. The maximum Gasteiger partial charge on any atom is 0.261 e. The predicted octanol–water partition coefficient (Wildman–Crippen LogP) is 2.10. The Hall–Kier alpha value is -2.25. The number of piperidine rings is 1. The Bertz CT molecular complexity index is 904. The van der Waals surface area contributed by atoms with E-state index in [1.807, 2.05) is 30.0 Å². The highest BCUT2D eigenvalue weighted by molar-refractivity contribution is 5.77. The van der Waals surface area contributed by atoms with Crippen molar-refractivity contribution in [1.29, 1.82) is 0 Å². The number of nitrogens with zero attached hydrogens (tertiary/aromatic N) is 3. The second-order valence-corrected chi connectivity index (χ2v) is 7.59. The van der Waals surface area contributed by atoms with Crippen molar-refractivity contribution in [3.8, 4) is 0 Å². The number of aromatic nitrogens is 2. The van der Waals surface area contributed by atoms with Crippen molar-refractivity contribution in [3.05, 3.63) is 40.4 Å². The highest BCUT2D eigenvalue weighted by atomic mass is 16.7. The highest BCUT2D eigenvalue weighted by Gasteiger charge is 2.32. The van der Waals surface area contributed by atoms with Crippen molar-refractivity contribution >= 4 is 16.8 Å². The Morgan fingerprint density at radius 3 is 2.86 bits per heavy atom. The zero-order valence-electron chi connectivity index (χ0n) is 16.3. The fourth-order valence-corrected chi connectivity index (χ4v) is 4.20.